The fourth-order valence-corrected chi connectivity index (χ4v) is 4.58. The van der Waals surface area contributed by atoms with Crippen LogP contribution in [0.2, 0.25) is 0 Å². The Balaban J connectivity index is 1.61. The molecule has 0 aliphatic rings. The van der Waals surface area contributed by atoms with Crippen LogP contribution in [0.4, 0.5) is 5.69 Å². The zero-order valence-corrected chi connectivity index (χ0v) is 20.4. The number of benzene rings is 3. The first-order valence-corrected chi connectivity index (χ1v) is 12.3. The lowest BCUT2D eigenvalue weighted by molar-refractivity contribution is -0.113. The van der Waals surface area contributed by atoms with Crippen molar-refractivity contribution >= 4 is 23.4 Å². The number of anilines is 1. The van der Waals surface area contributed by atoms with Crippen molar-refractivity contribution in [2.24, 2.45) is 0 Å². The van der Waals surface area contributed by atoms with Crippen molar-refractivity contribution < 1.29 is 9.53 Å². The number of nitrogens with one attached hydrogen (secondary N) is 1. The van der Waals surface area contributed by atoms with Crippen LogP contribution >= 0.6 is 11.8 Å². The molecule has 0 unspecified atom stereocenters. The van der Waals surface area contributed by atoms with E-state index in [1.807, 2.05) is 65.2 Å². The van der Waals surface area contributed by atoms with E-state index in [2.05, 4.69) is 41.5 Å². The molecular formula is C27H28N4O2S. The van der Waals surface area contributed by atoms with E-state index in [1.165, 1.54) is 11.8 Å². The van der Waals surface area contributed by atoms with E-state index in [9.17, 15) is 4.79 Å². The van der Waals surface area contributed by atoms with E-state index in [-0.39, 0.29) is 11.7 Å². The molecule has 0 spiro atoms. The number of hydrogen-bond acceptors (Lipinski definition) is 5. The fourth-order valence-electron chi connectivity index (χ4n) is 3.83. The van der Waals surface area contributed by atoms with Crippen LogP contribution in [-0.4, -0.2) is 33.5 Å². The van der Waals surface area contributed by atoms with Crippen LogP contribution in [0.3, 0.4) is 0 Å². The zero-order valence-electron chi connectivity index (χ0n) is 19.6. The van der Waals surface area contributed by atoms with Crippen LogP contribution in [0.15, 0.2) is 78.0 Å². The van der Waals surface area contributed by atoms with Gasteiger partial charge in [-0.3, -0.25) is 9.36 Å². The van der Waals surface area contributed by atoms with Crippen molar-refractivity contribution in [3.63, 3.8) is 0 Å². The Hall–Kier alpha value is -3.58. The molecule has 3 aromatic carbocycles. The van der Waals surface area contributed by atoms with E-state index in [0.717, 1.165) is 46.7 Å². The Morgan fingerprint density at radius 1 is 0.941 bits per heavy atom. The maximum absolute atomic E-state index is 12.9. The third-order valence-electron chi connectivity index (χ3n) is 5.57. The summed E-state index contributed by atoms with van der Waals surface area (Å²) in [5, 5.41) is 12.7. The van der Waals surface area contributed by atoms with Crippen molar-refractivity contribution in [3.8, 4) is 22.8 Å². The molecule has 0 aliphatic heterocycles. The van der Waals surface area contributed by atoms with Gasteiger partial charge in [-0.25, -0.2) is 0 Å². The lowest BCUT2D eigenvalue weighted by atomic mass is 10.0. The van der Waals surface area contributed by atoms with Crippen LogP contribution in [0.25, 0.3) is 17.1 Å². The van der Waals surface area contributed by atoms with Crippen molar-refractivity contribution in [1.29, 1.82) is 0 Å². The van der Waals surface area contributed by atoms with Gasteiger partial charge >= 0.3 is 0 Å². The Morgan fingerprint density at radius 3 is 2.32 bits per heavy atom. The highest BCUT2D eigenvalue weighted by Crippen LogP contribution is 2.30. The summed E-state index contributed by atoms with van der Waals surface area (Å²) in [6.07, 6.45) is 1.73. The number of amides is 1. The van der Waals surface area contributed by atoms with Gasteiger partial charge in [-0.2, -0.15) is 0 Å². The van der Waals surface area contributed by atoms with Gasteiger partial charge in [-0.05, 0) is 48.2 Å². The molecule has 6 nitrogen and oxygen atoms in total. The standard InChI is InChI=1S/C27H28N4O2S/c1-4-19-11-9-12-20(5-2)25(19)28-24(32)18-34-27-30-29-26(21-13-10-16-23(17-21)33-3)31(27)22-14-7-6-8-15-22/h6-17H,4-5,18H2,1-3H3,(H,28,32). The van der Waals surface area contributed by atoms with Gasteiger partial charge < -0.3 is 10.1 Å². The number of aryl methyl sites for hydroxylation is 2. The van der Waals surface area contributed by atoms with Crippen molar-refractivity contribution in [2.45, 2.75) is 31.8 Å². The van der Waals surface area contributed by atoms with Crippen molar-refractivity contribution in [2.75, 3.05) is 18.2 Å². The first kappa shape index (κ1) is 23.6. The number of aromatic nitrogens is 3. The molecule has 1 amide bonds. The second-order valence-electron chi connectivity index (χ2n) is 7.70. The maximum atomic E-state index is 12.9. The van der Waals surface area contributed by atoms with Gasteiger partial charge in [0.15, 0.2) is 11.0 Å². The highest BCUT2D eigenvalue weighted by atomic mass is 32.2. The molecule has 0 saturated heterocycles. The monoisotopic (exact) mass is 472 g/mol. The van der Waals surface area contributed by atoms with Crippen LogP contribution in [0, 0.1) is 0 Å². The lowest BCUT2D eigenvalue weighted by Crippen LogP contribution is -2.17. The third-order valence-corrected chi connectivity index (χ3v) is 6.50. The molecule has 0 atom stereocenters. The molecule has 0 bridgehead atoms. The van der Waals surface area contributed by atoms with Crippen LogP contribution in [-0.2, 0) is 17.6 Å². The number of rotatable bonds is 9. The highest BCUT2D eigenvalue weighted by molar-refractivity contribution is 7.99. The minimum atomic E-state index is -0.0638. The fraction of sp³-hybridized carbons (Fsp3) is 0.222. The van der Waals surface area contributed by atoms with Gasteiger partial charge in [0, 0.05) is 16.9 Å². The number of methoxy groups -OCH3 is 1. The molecule has 34 heavy (non-hydrogen) atoms. The summed E-state index contributed by atoms with van der Waals surface area (Å²) in [7, 11) is 1.64. The first-order chi connectivity index (χ1) is 16.6. The second kappa shape index (κ2) is 11.0. The van der Waals surface area contributed by atoms with Crippen LogP contribution < -0.4 is 10.1 Å². The molecule has 0 radical (unpaired) electrons. The molecule has 174 valence electrons. The van der Waals surface area contributed by atoms with Gasteiger partial charge in [0.25, 0.3) is 0 Å². The van der Waals surface area contributed by atoms with E-state index >= 15 is 0 Å². The van der Waals surface area contributed by atoms with E-state index in [1.54, 1.807) is 7.11 Å². The average Bonchev–Trinajstić information content (AvgIpc) is 3.32. The molecule has 0 saturated carbocycles. The quantitative estimate of drug-likeness (QED) is 0.312. The summed E-state index contributed by atoms with van der Waals surface area (Å²) in [5.41, 5.74) is 5.03. The van der Waals surface area contributed by atoms with E-state index in [4.69, 9.17) is 4.74 Å². The van der Waals surface area contributed by atoms with Gasteiger partial charge in [0.2, 0.25) is 5.91 Å². The van der Waals surface area contributed by atoms with Crippen LogP contribution in [0.5, 0.6) is 5.75 Å². The first-order valence-electron chi connectivity index (χ1n) is 11.3. The zero-order chi connectivity index (χ0) is 23.9. The number of nitrogens with zero attached hydrogens (tertiary/aromatic N) is 3. The van der Waals surface area contributed by atoms with Gasteiger partial charge in [-0.15, -0.1) is 10.2 Å². The average molecular weight is 473 g/mol. The normalized spacial score (nSPS) is 10.8. The maximum Gasteiger partial charge on any atom is 0.234 e. The summed E-state index contributed by atoms with van der Waals surface area (Å²) in [6, 6.07) is 23.8. The van der Waals surface area contributed by atoms with Gasteiger partial charge in [0.1, 0.15) is 5.75 Å². The van der Waals surface area contributed by atoms with E-state index < -0.39 is 0 Å². The molecule has 1 aromatic heterocycles. The summed E-state index contributed by atoms with van der Waals surface area (Å²) < 4.78 is 7.36. The topological polar surface area (TPSA) is 69.0 Å². The summed E-state index contributed by atoms with van der Waals surface area (Å²) in [5.74, 6) is 1.60. The minimum Gasteiger partial charge on any atom is -0.497 e. The molecular weight excluding hydrogens is 444 g/mol. The second-order valence-corrected chi connectivity index (χ2v) is 8.65. The summed E-state index contributed by atoms with van der Waals surface area (Å²) >= 11 is 1.37. The molecule has 4 aromatic rings. The molecule has 1 heterocycles. The SMILES string of the molecule is CCc1cccc(CC)c1NC(=O)CSc1nnc(-c2cccc(OC)c2)n1-c1ccccc1. The third kappa shape index (κ3) is 5.15. The Morgan fingerprint density at radius 2 is 1.65 bits per heavy atom. The number of carbonyl (C=O) groups is 1. The summed E-state index contributed by atoms with van der Waals surface area (Å²) in [6.45, 7) is 4.20. The highest BCUT2D eigenvalue weighted by Gasteiger charge is 2.18. The minimum absolute atomic E-state index is 0.0638. The number of para-hydroxylation sites is 2. The van der Waals surface area contributed by atoms with Crippen molar-refractivity contribution in [1.82, 2.24) is 14.8 Å². The Bertz CT molecular complexity index is 1250. The Labute approximate surface area is 204 Å². The molecule has 7 heteroatoms. The van der Waals surface area contributed by atoms with Crippen LogP contribution in [0.1, 0.15) is 25.0 Å². The number of carbonyl (C=O) groups excluding carboxylic acids is 1. The van der Waals surface area contributed by atoms with E-state index in [0.29, 0.717) is 11.0 Å². The molecule has 0 fully saturated rings. The molecule has 4 rings (SSSR count). The number of thioether (sulfide) groups is 1. The predicted octanol–water partition coefficient (Wildman–Crippen LogP) is 5.80. The smallest absolute Gasteiger partial charge is 0.234 e. The lowest BCUT2D eigenvalue weighted by Gasteiger charge is -2.14. The number of ether oxygens (including phenoxy) is 1. The van der Waals surface area contributed by atoms with Crippen molar-refractivity contribution in [3.05, 3.63) is 83.9 Å². The van der Waals surface area contributed by atoms with Gasteiger partial charge in [0.05, 0.1) is 12.9 Å². The molecule has 0 aliphatic carbocycles. The van der Waals surface area contributed by atoms with Gasteiger partial charge in [-0.1, -0.05) is 74.1 Å². The Kier molecular flexibility index (Phi) is 7.65. The largest absolute Gasteiger partial charge is 0.497 e. The predicted molar refractivity (Wildman–Crippen MR) is 138 cm³/mol. The number of hydrogen-bond donors (Lipinski definition) is 1. The summed E-state index contributed by atoms with van der Waals surface area (Å²) in [4.78, 5) is 12.9. The molecule has 1 N–H and O–H groups in total.